The molecule has 0 saturated heterocycles. The average molecular weight is 583 g/mol. The summed E-state index contributed by atoms with van der Waals surface area (Å²) in [5, 5.41) is 0. The lowest BCUT2D eigenvalue weighted by molar-refractivity contribution is -0.131. The number of methoxy groups -OCH3 is 1. The fraction of sp³-hybridized carbons (Fsp3) is 0.390. The predicted octanol–water partition coefficient (Wildman–Crippen LogP) is 11.8. The Morgan fingerprint density at radius 1 is 0.651 bits per heavy atom. The van der Waals surface area contributed by atoms with Crippen LogP contribution in [0.3, 0.4) is 0 Å². The first-order valence-corrected chi connectivity index (χ1v) is 15.4. The van der Waals surface area contributed by atoms with Crippen molar-refractivity contribution in [3.63, 3.8) is 0 Å². The van der Waals surface area contributed by atoms with Crippen LogP contribution in [-0.4, -0.2) is 18.5 Å². The molecular weight excluding hydrogens is 524 g/mol. The third kappa shape index (κ3) is 22.7. The summed E-state index contributed by atoms with van der Waals surface area (Å²) in [5.74, 6) is 0.328. The zero-order valence-corrected chi connectivity index (χ0v) is 28.9. The highest BCUT2D eigenvalue weighted by Crippen LogP contribution is 2.12. The fourth-order valence-electron chi connectivity index (χ4n) is 3.43. The Morgan fingerprint density at radius 2 is 1.21 bits per heavy atom. The molecule has 0 radical (unpaired) electrons. The maximum absolute atomic E-state index is 12.1. The largest absolute Gasteiger partial charge is 0.371 e. The van der Waals surface area contributed by atoms with Gasteiger partial charge in [0, 0.05) is 7.11 Å². The molecule has 0 fully saturated rings. The van der Waals surface area contributed by atoms with E-state index in [1.807, 2.05) is 31.2 Å². The number of ketones is 1. The van der Waals surface area contributed by atoms with E-state index in [2.05, 4.69) is 127 Å². The molecular formula is C41H58O2. The zero-order chi connectivity index (χ0) is 32.7. The summed E-state index contributed by atoms with van der Waals surface area (Å²) in [7, 11) is 1.54. The molecule has 0 aliphatic carbocycles. The number of carbonyl (C=O) groups is 1. The van der Waals surface area contributed by atoms with Crippen LogP contribution in [0, 0.1) is 5.92 Å². The Hall–Kier alpha value is -3.49. The minimum Gasteiger partial charge on any atom is -0.371 e. The van der Waals surface area contributed by atoms with Gasteiger partial charge in [-0.05, 0) is 93.6 Å². The lowest BCUT2D eigenvalue weighted by Gasteiger charge is -2.18. The molecule has 0 bridgehead atoms. The molecule has 0 amide bonds. The van der Waals surface area contributed by atoms with Crippen molar-refractivity contribution < 1.29 is 9.53 Å². The average Bonchev–Trinajstić information content (AvgIpc) is 2.94. The normalized spacial score (nSPS) is 15.8. The van der Waals surface area contributed by atoms with Crippen LogP contribution in [-0.2, 0) is 9.53 Å². The molecule has 0 aromatic rings. The maximum atomic E-state index is 12.1. The first kappa shape index (κ1) is 39.5. The summed E-state index contributed by atoms with van der Waals surface area (Å²) in [6.07, 6.45) is 40.7. The zero-order valence-electron chi connectivity index (χ0n) is 28.9. The second-order valence-electron chi connectivity index (χ2n) is 12.0. The molecule has 0 saturated carbocycles. The SMILES string of the molecule is COC(C)(C)C(=O)C=CC(C)=CC=CC(C)=CC=CC(C)=CC=CC=CC(C)C=C/C=C(\C)CCC=C(C)CC=C(C)C. The van der Waals surface area contributed by atoms with Gasteiger partial charge in [-0.3, -0.25) is 4.79 Å². The van der Waals surface area contributed by atoms with Gasteiger partial charge in [0.25, 0.3) is 0 Å². The van der Waals surface area contributed by atoms with Crippen LogP contribution >= 0.6 is 0 Å². The van der Waals surface area contributed by atoms with Crippen LogP contribution in [0.15, 0.2) is 143 Å². The van der Waals surface area contributed by atoms with E-state index in [1.54, 1.807) is 27.0 Å². The van der Waals surface area contributed by atoms with Gasteiger partial charge in [0.05, 0.1) is 0 Å². The molecule has 2 nitrogen and oxygen atoms in total. The topological polar surface area (TPSA) is 26.3 Å². The van der Waals surface area contributed by atoms with E-state index in [9.17, 15) is 4.79 Å². The van der Waals surface area contributed by atoms with Crippen molar-refractivity contribution in [2.24, 2.45) is 5.92 Å². The number of hydrogen-bond acceptors (Lipinski definition) is 2. The predicted molar refractivity (Wildman–Crippen MR) is 192 cm³/mol. The van der Waals surface area contributed by atoms with Gasteiger partial charge in [0.2, 0.25) is 0 Å². The maximum Gasteiger partial charge on any atom is 0.186 e. The summed E-state index contributed by atoms with van der Waals surface area (Å²) in [5.41, 5.74) is 6.75. The highest BCUT2D eigenvalue weighted by molar-refractivity contribution is 5.96. The Kier molecular flexibility index (Phi) is 21.2. The Bertz CT molecular complexity index is 1220. The number of rotatable bonds is 18. The second kappa shape index (κ2) is 23.0. The quantitative estimate of drug-likeness (QED) is 0.0912. The van der Waals surface area contributed by atoms with Gasteiger partial charge >= 0.3 is 0 Å². The lowest BCUT2D eigenvalue weighted by atomic mass is 10.0. The summed E-state index contributed by atoms with van der Waals surface area (Å²) < 4.78 is 5.21. The van der Waals surface area contributed by atoms with Crippen LogP contribution < -0.4 is 0 Å². The molecule has 0 aliphatic heterocycles. The van der Waals surface area contributed by atoms with Gasteiger partial charge < -0.3 is 4.74 Å². The summed E-state index contributed by atoms with van der Waals surface area (Å²) in [4.78, 5) is 12.1. The first-order chi connectivity index (χ1) is 20.3. The highest BCUT2D eigenvalue weighted by atomic mass is 16.5. The van der Waals surface area contributed by atoms with Crippen LogP contribution in [0.25, 0.3) is 0 Å². The molecule has 2 heteroatoms. The smallest absolute Gasteiger partial charge is 0.186 e. The molecule has 0 rings (SSSR count). The molecule has 0 aliphatic rings. The van der Waals surface area contributed by atoms with Gasteiger partial charge in [0.15, 0.2) is 5.78 Å². The van der Waals surface area contributed by atoms with Crippen molar-refractivity contribution in [1.29, 1.82) is 0 Å². The summed E-state index contributed by atoms with van der Waals surface area (Å²) >= 11 is 0. The molecule has 0 spiro atoms. The first-order valence-electron chi connectivity index (χ1n) is 15.4. The Morgan fingerprint density at radius 3 is 1.79 bits per heavy atom. The van der Waals surface area contributed by atoms with Gasteiger partial charge in [-0.2, -0.15) is 0 Å². The second-order valence-corrected chi connectivity index (χ2v) is 12.0. The van der Waals surface area contributed by atoms with Crippen LogP contribution in [0.2, 0.25) is 0 Å². The Labute approximate surface area is 264 Å². The highest BCUT2D eigenvalue weighted by Gasteiger charge is 2.23. The lowest BCUT2D eigenvalue weighted by Crippen LogP contribution is -2.32. The molecule has 0 N–H and O–H groups in total. The van der Waals surface area contributed by atoms with E-state index in [0.717, 1.165) is 30.4 Å². The summed E-state index contributed by atoms with van der Waals surface area (Å²) in [6, 6.07) is 0. The minimum absolute atomic E-state index is 0.0525. The van der Waals surface area contributed by atoms with E-state index < -0.39 is 5.60 Å². The number of allylic oxidation sites excluding steroid dienone is 23. The van der Waals surface area contributed by atoms with Crippen LogP contribution in [0.4, 0.5) is 0 Å². The minimum atomic E-state index is -0.798. The molecule has 0 aromatic heterocycles. The van der Waals surface area contributed by atoms with E-state index >= 15 is 0 Å². The van der Waals surface area contributed by atoms with Gasteiger partial charge in [0.1, 0.15) is 5.60 Å². The molecule has 1 atom stereocenters. The van der Waals surface area contributed by atoms with Gasteiger partial charge in [-0.1, -0.05) is 144 Å². The Balaban J connectivity index is 4.67. The molecule has 234 valence electrons. The van der Waals surface area contributed by atoms with Crippen molar-refractivity contribution in [2.75, 3.05) is 7.11 Å². The fourth-order valence-corrected chi connectivity index (χ4v) is 3.43. The van der Waals surface area contributed by atoms with E-state index in [0.29, 0.717) is 5.92 Å². The van der Waals surface area contributed by atoms with Crippen LogP contribution in [0.1, 0.15) is 88.5 Å². The molecule has 0 aromatic carbocycles. The van der Waals surface area contributed by atoms with Crippen LogP contribution in [0.5, 0.6) is 0 Å². The van der Waals surface area contributed by atoms with Crippen molar-refractivity contribution in [2.45, 2.75) is 94.1 Å². The van der Waals surface area contributed by atoms with E-state index in [4.69, 9.17) is 4.74 Å². The van der Waals surface area contributed by atoms with Crippen molar-refractivity contribution in [3.8, 4) is 0 Å². The number of hydrogen-bond donors (Lipinski definition) is 0. The van der Waals surface area contributed by atoms with Crippen molar-refractivity contribution in [3.05, 3.63) is 143 Å². The summed E-state index contributed by atoms with van der Waals surface area (Å²) in [6.45, 7) is 20.6. The van der Waals surface area contributed by atoms with E-state index in [-0.39, 0.29) is 5.78 Å². The number of carbonyl (C=O) groups excluding carboxylic acids is 1. The van der Waals surface area contributed by atoms with Crippen molar-refractivity contribution >= 4 is 5.78 Å². The van der Waals surface area contributed by atoms with Gasteiger partial charge in [-0.25, -0.2) is 0 Å². The van der Waals surface area contributed by atoms with E-state index in [1.165, 1.54) is 22.3 Å². The molecule has 0 heterocycles. The third-order valence-electron chi connectivity index (χ3n) is 6.69. The van der Waals surface area contributed by atoms with Crippen molar-refractivity contribution in [1.82, 2.24) is 0 Å². The monoisotopic (exact) mass is 582 g/mol. The molecule has 43 heavy (non-hydrogen) atoms. The number of ether oxygens (including phenoxy) is 1. The molecule has 1 unspecified atom stereocenters. The standard InChI is InChI=1S/C41H58O2/c1-33(2)29-30-38(7)27-17-25-36(5)23-15-21-34(3)19-13-12-14-20-35(4)22-16-24-37(6)26-18-28-39(8)31-32-40(42)41(9,10)43-11/h12-16,18-24,26-29,31-32,34H,17,25,30H2,1-11H3/b14-12?,19-13?,21-15?,22-16?,26-18?,32-31?,35-20?,36-23+,37-24?,38-27?,39-28?. The third-order valence-corrected chi connectivity index (χ3v) is 6.69. The van der Waals surface area contributed by atoms with Gasteiger partial charge in [-0.15, -0.1) is 0 Å².